The highest BCUT2D eigenvalue weighted by Crippen LogP contribution is 2.42. The van der Waals surface area contributed by atoms with E-state index in [4.69, 9.17) is 0 Å². The molecule has 1 spiro atoms. The van der Waals surface area contributed by atoms with E-state index in [9.17, 15) is 9.59 Å². The van der Waals surface area contributed by atoms with Gasteiger partial charge >= 0.3 is 0 Å². The Hall–Kier alpha value is -1.92. The number of carbonyl (C=O) groups excluding carboxylic acids is 2. The summed E-state index contributed by atoms with van der Waals surface area (Å²) in [6.07, 6.45) is 7.10. The Morgan fingerprint density at radius 2 is 2.16 bits per heavy atom. The fraction of sp³-hybridized carbons (Fsp3) is 0.778. The fourth-order valence-electron chi connectivity index (χ4n) is 4.39. The molecule has 0 bridgehead atoms. The number of aryl methyl sites for hydroxylation is 2. The third-order valence-corrected chi connectivity index (χ3v) is 5.90. The average molecular weight is 345 g/mol. The highest BCUT2D eigenvalue weighted by atomic mass is 16.2. The Morgan fingerprint density at radius 3 is 2.88 bits per heavy atom. The number of nitrogens with one attached hydrogen (secondary N) is 1. The molecule has 25 heavy (non-hydrogen) atoms. The predicted octanol–water partition coefficient (Wildman–Crippen LogP) is 1.44. The maximum Gasteiger partial charge on any atom is 0.223 e. The van der Waals surface area contributed by atoms with Crippen molar-refractivity contribution in [3.63, 3.8) is 0 Å². The van der Waals surface area contributed by atoms with E-state index < -0.39 is 0 Å². The standard InChI is InChI=1S/C18H27N5O2/c1-13-19-15(21-20-13)5-6-16(24)22-10-2-8-18(11-22)9-7-17(25)23(12-18)14-3-4-14/h14H,2-12H2,1H3,(H,19,20,21)/t18-/m0/s1. The maximum absolute atomic E-state index is 12.7. The molecule has 1 N–H and O–H groups in total. The summed E-state index contributed by atoms with van der Waals surface area (Å²) in [5.74, 6) is 2.00. The normalized spacial score (nSPS) is 27.2. The molecule has 1 aromatic rings. The van der Waals surface area contributed by atoms with Crippen LogP contribution in [0, 0.1) is 12.3 Å². The molecule has 3 fully saturated rings. The van der Waals surface area contributed by atoms with E-state index >= 15 is 0 Å². The van der Waals surface area contributed by atoms with Crippen molar-refractivity contribution in [2.24, 2.45) is 5.41 Å². The summed E-state index contributed by atoms with van der Waals surface area (Å²) in [5, 5.41) is 6.93. The average Bonchev–Trinajstić information content (AvgIpc) is 3.37. The SMILES string of the molecule is Cc1nc(CCC(=O)N2CCC[C@]3(CCC(=O)N(C4CC4)C3)C2)n[nH]1. The molecule has 2 amide bonds. The van der Waals surface area contributed by atoms with Gasteiger partial charge in [-0.2, -0.15) is 5.10 Å². The van der Waals surface area contributed by atoms with Crippen molar-refractivity contribution in [2.45, 2.75) is 64.3 Å². The van der Waals surface area contributed by atoms with E-state index in [1.807, 2.05) is 11.8 Å². The molecule has 2 saturated heterocycles. The zero-order valence-electron chi connectivity index (χ0n) is 15.0. The Kier molecular flexibility index (Phi) is 4.25. The summed E-state index contributed by atoms with van der Waals surface area (Å²) in [5.41, 5.74) is 0.117. The van der Waals surface area contributed by atoms with Crippen molar-refractivity contribution >= 4 is 11.8 Å². The van der Waals surface area contributed by atoms with Gasteiger partial charge in [-0.3, -0.25) is 14.7 Å². The van der Waals surface area contributed by atoms with Crippen LogP contribution in [-0.4, -0.2) is 62.5 Å². The number of likely N-dealkylation sites (tertiary alicyclic amines) is 2. The largest absolute Gasteiger partial charge is 0.342 e. The summed E-state index contributed by atoms with van der Waals surface area (Å²) in [6.45, 7) is 4.35. The molecular formula is C18H27N5O2. The monoisotopic (exact) mass is 345 g/mol. The lowest BCUT2D eigenvalue weighted by Gasteiger charge is -2.48. The van der Waals surface area contributed by atoms with Crippen LogP contribution in [0.1, 0.15) is 56.6 Å². The van der Waals surface area contributed by atoms with Crippen LogP contribution < -0.4 is 0 Å². The third kappa shape index (κ3) is 3.55. The lowest BCUT2D eigenvalue weighted by atomic mass is 9.73. The second-order valence-electron chi connectivity index (χ2n) is 8.01. The van der Waals surface area contributed by atoms with Crippen molar-refractivity contribution in [3.05, 3.63) is 11.6 Å². The van der Waals surface area contributed by atoms with Crippen LogP contribution in [0.25, 0.3) is 0 Å². The van der Waals surface area contributed by atoms with Gasteiger partial charge in [-0.05, 0) is 39.0 Å². The van der Waals surface area contributed by atoms with Gasteiger partial charge in [-0.25, -0.2) is 4.98 Å². The highest BCUT2D eigenvalue weighted by Gasteiger charge is 2.46. The van der Waals surface area contributed by atoms with Gasteiger partial charge in [-0.15, -0.1) is 0 Å². The summed E-state index contributed by atoms with van der Waals surface area (Å²) < 4.78 is 0. The van der Waals surface area contributed by atoms with Crippen LogP contribution in [-0.2, 0) is 16.0 Å². The topological polar surface area (TPSA) is 82.2 Å². The summed E-state index contributed by atoms with van der Waals surface area (Å²) in [4.78, 5) is 33.3. The van der Waals surface area contributed by atoms with Crippen LogP contribution in [0.5, 0.6) is 0 Å². The number of carbonyl (C=O) groups is 2. The van der Waals surface area contributed by atoms with Crippen molar-refractivity contribution in [1.82, 2.24) is 25.0 Å². The van der Waals surface area contributed by atoms with Crippen LogP contribution in [0.15, 0.2) is 0 Å². The maximum atomic E-state index is 12.7. The number of aromatic nitrogens is 3. The molecule has 0 unspecified atom stereocenters. The number of rotatable bonds is 4. The van der Waals surface area contributed by atoms with Crippen molar-refractivity contribution in [3.8, 4) is 0 Å². The van der Waals surface area contributed by atoms with E-state index in [2.05, 4.69) is 20.1 Å². The van der Waals surface area contributed by atoms with Crippen molar-refractivity contribution in [1.29, 1.82) is 0 Å². The van der Waals surface area contributed by atoms with Crippen LogP contribution in [0.4, 0.5) is 0 Å². The second-order valence-corrected chi connectivity index (χ2v) is 8.01. The van der Waals surface area contributed by atoms with Gasteiger partial charge in [-0.1, -0.05) is 0 Å². The first-order chi connectivity index (χ1) is 12.0. The Bertz CT molecular complexity index is 668. The zero-order chi connectivity index (χ0) is 17.4. The summed E-state index contributed by atoms with van der Waals surface area (Å²) in [6, 6.07) is 0.477. The molecular weight excluding hydrogens is 318 g/mol. The number of hydrogen-bond acceptors (Lipinski definition) is 4. The van der Waals surface area contributed by atoms with E-state index in [1.54, 1.807) is 0 Å². The summed E-state index contributed by atoms with van der Waals surface area (Å²) in [7, 11) is 0. The van der Waals surface area contributed by atoms with Gasteiger partial charge in [0.2, 0.25) is 11.8 Å². The fourth-order valence-corrected chi connectivity index (χ4v) is 4.39. The number of nitrogens with zero attached hydrogens (tertiary/aromatic N) is 4. The van der Waals surface area contributed by atoms with E-state index in [-0.39, 0.29) is 11.3 Å². The lowest BCUT2D eigenvalue weighted by Crippen LogP contribution is -2.55. The smallest absolute Gasteiger partial charge is 0.223 e. The van der Waals surface area contributed by atoms with Gasteiger partial charge in [0.05, 0.1) is 0 Å². The first kappa shape index (κ1) is 16.5. The molecule has 0 aromatic carbocycles. The number of H-pyrrole nitrogens is 1. The van der Waals surface area contributed by atoms with E-state index in [1.165, 1.54) is 0 Å². The molecule has 7 nitrogen and oxygen atoms in total. The molecule has 136 valence electrons. The van der Waals surface area contributed by atoms with Gasteiger partial charge in [0.15, 0.2) is 5.82 Å². The predicted molar refractivity (Wildman–Crippen MR) is 91.7 cm³/mol. The van der Waals surface area contributed by atoms with Gasteiger partial charge in [0.25, 0.3) is 0 Å². The Balaban J connectivity index is 1.36. The van der Waals surface area contributed by atoms with Crippen LogP contribution in [0.3, 0.4) is 0 Å². The Morgan fingerprint density at radius 1 is 1.32 bits per heavy atom. The van der Waals surface area contributed by atoms with Crippen LogP contribution >= 0.6 is 0 Å². The van der Waals surface area contributed by atoms with Crippen LogP contribution in [0.2, 0.25) is 0 Å². The molecule has 1 aromatic heterocycles. The zero-order valence-corrected chi connectivity index (χ0v) is 15.0. The summed E-state index contributed by atoms with van der Waals surface area (Å²) >= 11 is 0. The minimum atomic E-state index is 0.117. The minimum absolute atomic E-state index is 0.117. The molecule has 3 aliphatic rings. The molecule has 2 aliphatic heterocycles. The van der Waals surface area contributed by atoms with Crippen molar-refractivity contribution in [2.75, 3.05) is 19.6 Å². The third-order valence-electron chi connectivity index (χ3n) is 5.90. The van der Waals surface area contributed by atoms with E-state index in [0.29, 0.717) is 37.0 Å². The number of piperidine rings is 2. The molecule has 1 saturated carbocycles. The molecule has 0 radical (unpaired) electrons. The number of hydrogen-bond donors (Lipinski definition) is 1. The molecule has 1 aliphatic carbocycles. The van der Waals surface area contributed by atoms with Gasteiger partial charge < -0.3 is 9.80 Å². The van der Waals surface area contributed by atoms with E-state index in [0.717, 1.165) is 57.6 Å². The van der Waals surface area contributed by atoms with Crippen molar-refractivity contribution < 1.29 is 9.59 Å². The number of aromatic amines is 1. The van der Waals surface area contributed by atoms with Gasteiger partial charge in [0, 0.05) is 50.4 Å². The molecule has 3 heterocycles. The van der Waals surface area contributed by atoms with Gasteiger partial charge in [0.1, 0.15) is 5.82 Å². The Labute approximate surface area is 148 Å². The molecule has 4 rings (SSSR count). The minimum Gasteiger partial charge on any atom is -0.342 e. The first-order valence-corrected chi connectivity index (χ1v) is 9.50. The second kappa shape index (κ2) is 6.42. The molecule has 1 atom stereocenters. The lowest BCUT2D eigenvalue weighted by molar-refractivity contribution is -0.143. The quantitative estimate of drug-likeness (QED) is 0.895. The number of amides is 2. The highest BCUT2D eigenvalue weighted by molar-refractivity contribution is 5.78. The first-order valence-electron chi connectivity index (χ1n) is 9.50. The molecule has 7 heteroatoms.